The summed E-state index contributed by atoms with van der Waals surface area (Å²) in [6.45, 7) is -0.394. The van der Waals surface area contributed by atoms with Gasteiger partial charge in [-0.15, -0.1) is 0 Å². The Morgan fingerprint density at radius 2 is 1.97 bits per heavy atom. The van der Waals surface area contributed by atoms with E-state index >= 15 is 0 Å². The lowest BCUT2D eigenvalue weighted by Crippen LogP contribution is -2.59. The first kappa shape index (κ1) is 20.7. The predicted octanol–water partition coefficient (Wildman–Crippen LogP) is 5.23. The number of hydrogen-bond donors (Lipinski definition) is 1. The zero-order valence-corrected chi connectivity index (χ0v) is 16.3. The van der Waals surface area contributed by atoms with Gasteiger partial charge in [0, 0.05) is 22.2 Å². The van der Waals surface area contributed by atoms with E-state index in [4.69, 9.17) is 16.3 Å². The highest BCUT2D eigenvalue weighted by Gasteiger charge is 2.65. The number of alkyl halides is 3. The van der Waals surface area contributed by atoms with Crippen LogP contribution in [-0.4, -0.2) is 18.2 Å². The number of anilines is 1. The summed E-state index contributed by atoms with van der Waals surface area (Å²) in [6.07, 6.45) is -5.49. The van der Waals surface area contributed by atoms with Gasteiger partial charge in [-0.1, -0.05) is 35.6 Å². The summed E-state index contributed by atoms with van der Waals surface area (Å²) < 4.78 is 62.8. The van der Waals surface area contributed by atoms with Crippen LogP contribution in [0.4, 0.5) is 23.2 Å². The van der Waals surface area contributed by atoms with Gasteiger partial charge in [0.05, 0.1) is 6.61 Å². The van der Waals surface area contributed by atoms with Crippen LogP contribution in [0.3, 0.4) is 0 Å². The van der Waals surface area contributed by atoms with Crippen molar-refractivity contribution in [2.45, 2.75) is 37.1 Å². The molecule has 156 valence electrons. The van der Waals surface area contributed by atoms with Crippen molar-refractivity contribution in [1.82, 2.24) is 0 Å². The highest BCUT2D eigenvalue weighted by Crippen LogP contribution is 2.50. The smallest absolute Gasteiger partial charge is 0.361 e. The monoisotopic (exact) mass is 437 g/mol. The average Bonchev–Trinajstić information content (AvgIpc) is 3.49. The Morgan fingerprint density at radius 1 is 1.20 bits per heavy atom. The van der Waals surface area contributed by atoms with Crippen LogP contribution in [0.1, 0.15) is 24.0 Å². The van der Waals surface area contributed by atoms with Crippen LogP contribution < -0.4 is 5.32 Å². The Hall–Kier alpha value is -2.56. The molecule has 0 radical (unpaired) electrons. The number of amides is 1. The molecular weight excluding hydrogens is 422 g/mol. The van der Waals surface area contributed by atoms with Crippen LogP contribution in [-0.2, 0) is 21.6 Å². The number of benzene rings is 2. The second-order valence-electron chi connectivity index (χ2n) is 7.35. The maximum absolute atomic E-state index is 14.6. The highest BCUT2D eigenvalue weighted by molar-refractivity contribution is 6.30. The quantitative estimate of drug-likeness (QED) is 0.527. The van der Waals surface area contributed by atoms with Gasteiger partial charge in [0.15, 0.2) is 11.5 Å². The molecule has 1 aliphatic heterocycles. The van der Waals surface area contributed by atoms with Crippen LogP contribution in [0.5, 0.6) is 0 Å². The third kappa shape index (κ3) is 3.78. The molecule has 1 N–H and O–H groups in total. The van der Waals surface area contributed by atoms with Crippen LogP contribution in [0.25, 0.3) is 0 Å². The summed E-state index contributed by atoms with van der Waals surface area (Å²) in [5.41, 5.74) is -2.88. The van der Waals surface area contributed by atoms with E-state index in [2.05, 4.69) is 17.2 Å². The van der Waals surface area contributed by atoms with E-state index < -0.39 is 36.0 Å². The second kappa shape index (κ2) is 7.60. The molecule has 1 aliphatic carbocycles. The highest BCUT2D eigenvalue weighted by atomic mass is 35.5. The summed E-state index contributed by atoms with van der Waals surface area (Å²) in [5.74, 6) is 3.35. The van der Waals surface area contributed by atoms with Crippen LogP contribution in [0.2, 0.25) is 5.02 Å². The minimum atomic E-state index is -4.93. The fraction of sp³-hybridized carbons (Fsp3) is 0.318. The van der Waals surface area contributed by atoms with Gasteiger partial charge in [-0.05, 0) is 48.7 Å². The molecular formula is C22H16ClF4NO2. The number of fused-ring (bicyclic) bond motifs is 1. The number of halogens is 5. The number of ether oxygens (including phenoxy) is 1. The van der Waals surface area contributed by atoms with Crippen molar-refractivity contribution < 1.29 is 27.1 Å². The van der Waals surface area contributed by atoms with E-state index in [1.165, 1.54) is 30.3 Å². The molecule has 3 nitrogen and oxygen atoms in total. The lowest BCUT2D eigenvalue weighted by atomic mass is 9.71. The zero-order chi connectivity index (χ0) is 21.5. The first-order chi connectivity index (χ1) is 14.2. The molecule has 0 aromatic heterocycles. The van der Waals surface area contributed by atoms with Gasteiger partial charge in [-0.2, -0.15) is 13.2 Å². The van der Waals surface area contributed by atoms with Gasteiger partial charge in [-0.3, -0.25) is 4.79 Å². The van der Waals surface area contributed by atoms with Crippen molar-refractivity contribution >= 4 is 23.2 Å². The number of carbonyl (C=O) groups excluding carboxylic acids is 1. The molecule has 1 fully saturated rings. The molecule has 1 heterocycles. The van der Waals surface area contributed by atoms with E-state index in [-0.39, 0.29) is 22.2 Å². The minimum Gasteiger partial charge on any atom is -0.361 e. The molecule has 2 atom stereocenters. The van der Waals surface area contributed by atoms with Crippen LogP contribution in [0.15, 0.2) is 42.5 Å². The molecule has 4 rings (SSSR count). The Morgan fingerprint density at radius 3 is 2.63 bits per heavy atom. The predicted molar refractivity (Wildman–Crippen MR) is 103 cm³/mol. The summed E-state index contributed by atoms with van der Waals surface area (Å²) >= 11 is 5.99. The first-order valence-electron chi connectivity index (χ1n) is 9.27. The van der Waals surface area contributed by atoms with E-state index in [9.17, 15) is 22.4 Å². The van der Waals surface area contributed by atoms with E-state index in [1.54, 1.807) is 0 Å². The molecule has 0 unspecified atom stereocenters. The third-order valence-corrected chi connectivity index (χ3v) is 5.33. The minimum absolute atomic E-state index is 0.0163. The lowest BCUT2D eigenvalue weighted by molar-refractivity contribution is -0.208. The van der Waals surface area contributed by atoms with Crippen molar-refractivity contribution in [3.63, 3.8) is 0 Å². The third-order valence-electron chi connectivity index (χ3n) is 5.10. The molecule has 0 bridgehead atoms. The topological polar surface area (TPSA) is 38.3 Å². The maximum Gasteiger partial charge on any atom is 0.412 e. The molecule has 2 aromatic carbocycles. The molecule has 0 spiro atoms. The molecule has 0 saturated heterocycles. The van der Waals surface area contributed by atoms with Gasteiger partial charge in [0.25, 0.3) is 5.91 Å². The van der Waals surface area contributed by atoms with Crippen molar-refractivity contribution in [3.05, 3.63) is 64.4 Å². The van der Waals surface area contributed by atoms with Crippen LogP contribution >= 0.6 is 11.6 Å². The normalized spacial score (nSPS) is 23.2. The van der Waals surface area contributed by atoms with Crippen molar-refractivity contribution in [2.75, 3.05) is 5.32 Å². The van der Waals surface area contributed by atoms with Crippen LogP contribution in [0, 0.1) is 23.6 Å². The van der Waals surface area contributed by atoms with Gasteiger partial charge in [0.1, 0.15) is 5.82 Å². The molecule has 2 aliphatic rings. The summed E-state index contributed by atoms with van der Waals surface area (Å²) in [6, 6.07) is 9.12. The summed E-state index contributed by atoms with van der Waals surface area (Å²) in [4.78, 5) is 12.7. The summed E-state index contributed by atoms with van der Waals surface area (Å²) in [5, 5.41) is 2.53. The Labute approximate surface area is 175 Å². The molecule has 2 aromatic rings. The zero-order valence-electron chi connectivity index (χ0n) is 15.5. The Kier molecular flexibility index (Phi) is 5.25. The van der Waals surface area contributed by atoms with Crippen molar-refractivity contribution in [3.8, 4) is 11.8 Å². The van der Waals surface area contributed by atoms with Crippen molar-refractivity contribution in [2.24, 2.45) is 5.92 Å². The Balaban J connectivity index is 1.83. The van der Waals surface area contributed by atoms with E-state index in [0.717, 1.165) is 12.1 Å². The maximum atomic E-state index is 14.6. The standard InChI is InChI=1S/C22H16ClF4NO2/c23-15-6-7-18-17(11-15)21(22(25,26)27,9-8-13-4-5-13)19(20(29)28-18)30-12-14-2-1-3-16(24)10-14/h1-3,6-7,10-11,13,19H,4-5,12H2,(H,28,29)/t19-,21+/m0/s1. The largest absolute Gasteiger partial charge is 0.412 e. The molecule has 1 amide bonds. The van der Waals surface area contributed by atoms with Gasteiger partial charge >= 0.3 is 6.18 Å². The molecule has 30 heavy (non-hydrogen) atoms. The van der Waals surface area contributed by atoms with Gasteiger partial charge in [0.2, 0.25) is 0 Å². The number of nitrogens with one attached hydrogen (secondary N) is 1. The fourth-order valence-electron chi connectivity index (χ4n) is 3.44. The fourth-order valence-corrected chi connectivity index (χ4v) is 3.62. The second-order valence-corrected chi connectivity index (χ2v) is 7.79. The SMILES string of the molecule is O=C1Nc2ccc(Cl)cc2[C@@](C#CC2CC2)(C(F)(F)F)[C@H]1OCc1cccc(F)c1. The van der Waals surface area contributed by atoms with Gasteiger partial charge < -0.3 is 10.1 Å². The first-order valence-corrected chi connectivity index (χ1v) is 9.65. The summed E-state index contributed by atoms with van der Waals surface area (Å²) in [7, 11) is 0. The van der Waals surface area contributed by atoms with Gasteiger partial charge in [-0.25, -0.2) is 4.39 Å². The van der Waals surface area contributed by atoms with E-state index in [0.29, 0.717) is 18.4 Å². The lowest BCUT2D eigenvalue weighted by Gasteiger charge is -2.41. The number of rotatable bonds is 3. The molecule has 8 heteroatoms. The number of hydrogen-bond acceptors (Lipinski definition) is 2. The average molecular weight is 438 g/mol. The van der Waals surface area contributed by atoms with E-state index in [1.807, 2.05) is 0 Å². The Bertz CT molecular complexity index is 1060. The number of carbonyl (C=O) groups is 1. The van der Waals surface area contributed by atoms with Crippen molar-refractivity contribution in [1.29, 1.82) is 0 Å². The molecule has 1 saturated carbocycles.